The minimum absolute atomic E-state index is 0.191. The average molecular weight is 360 g/mol. The predicted molar refractivity (Wildman–Crippen MR) is 72.9 cm³/mol. The van der Waals surface area contributed by atoms with Crippen LogP contribution in [0.15, 0.2) is 33.2 Å². The minimum Gasteiger partial charge on any atom is -0.496 e. The highest BCUT2D eigenvalue weighted by Crippen LogP contribution is 2.36. The monoisotopic (exact) mass is 358 g/mol. The van der Waals surface area contributed by atoms with E-state index in [1.165, 1.54) is 13.2 Å². The zero-order valence-corrected chi connectivity index (χ0v) is 12.0. The van der Waals surface area contributed by atoms with Crippen LogP contribution in [0, 0.1) is 0 Å². The summed E-state index contributed by atoms with van der Waals surface area (Å²) in [5.41, 5.74) is 0.191. The molecule has 0 aliphatic heterocycles. The molecule has 0 bridgehead atoms. The van der Waals surface area contributed by atoms with Crippen molar-refractivity contribution in [1.82, 2.24) is 0 Å². The van der Waals surface area contributed by atoms with E-state index in [9.17, 15) is 4.79 Å². The molecule has 0 saturated carbocycles. The first-order valence-corrected chi connectivity index (χ1v) is 6.32. The fourth-order valence-corrected chi connectivity index (χ4v) is 2.64. The van der Waals surface area contributed by atoms with Gasteiger partial charge in [0, 0.05) is 19.7 Å². The molecular formula is C12H8Br2O3. The molecule has 0 fully saturated rings. The molecule has 2 aromatic carbocycles. The average Bonchev–Trinajstić information content (AvgIpc) is 2.29. The highest BCUT2D eigenvalue weighted by atomic mass is 79.9. The Bertz CT molecular complexity index is 608. The topological polar surface area (TPSA) is 46.5 Å². The second kappa shape index (κ2) is 4.66. The van der Waals surface area contributed by atoms with E-state index >= 15 is 0 Å². The third-order valence-electron chi connectivity index (χ3n) is 2.45. The summed E-state index contributed by atoms with van der Waals surface area (Å²) >= 11 is 6.70. The van der Waals surface area contributed by atoms with Crippen molar-refractivity contribution in [1.29, 1.82) is 0 Å². The van der Waals surface area contributed by atoms with Crippen molar-refractivity contribution in [2.45, 2.75) is 0 Å². The number of hydrogen-bond donors (Lipinski definition) is 1. The molecule has 88 valence electrons. The second-order valence-corrected chi connectivity index (χ2v) is 5.14. The van der Waals surface area contributed by atoms with Crippen LogP contribution in [-0.2, 0) is 0 Å². The number of hydrogen-bond acceptors (Lipinski definition) is 2. The van der Waals surface area contributed by atoms with Gasteiger partial charge in [0.25, 0.3) is 0 Å². The lowest BCUT2D eigenvalue weighted by Gasteiger charge is -2.10. The lowest BCUT2D eigenvalue weighted by atomic mass is 10.1. The molecule has 0 unspecified atom stereocenters. The van der Waals surface area contributed by atoms with E-state index in [2.05, 4.69) is 31.9 Å². The van der Waals surface area contributed by atoms with Gasteiger partial charge in [-0.05, 0) is 34.1 Å². The van der Waals surface area contributed by atoms with Gasteiger partial charge in [0.2, 0.25) is 0 Å². The van der Waals surface area contributed by atoms with Crippen LogP contribution >= 0.6 is 31.9 Å². The Labute approximate surface area is 115 Å². The van der Waals surface area contributed by atoms with Gasteiger partial charge in [-0.15, -0.1) is 0 Å². The number of benzene rings is 2. The molecule has 5 heteroatoms. The number of rotatable bonds is 2. The quantitative estimate of drug-likeness (QED) is 0.879. The summed E-state index contributed by atoms with van der Waals surface area (Å²) in [7, 11) is 1.52. The van der Waals surface area contributed by atoms with Crippen molar-refractivity contribution < 1.29 is 14.6 Å². The first kappa shape index (κ1) is 12.4. The summed E-state index contributed by atoms with van der Waals surface area (Å²) < 4.78 is 6.70. The first-order valence-electron chi connectivity index (χ1n) is 4.73. The maximum absolute atomic E-state index is 11.1. The molecule has 0 aliphatic rings. The van der Waals surface area contributed by atoms with Crippen LogP contribution in [0.1, 0.15) is 10.4 Å². The number of aromatic carboxylic acids is 1. The molecule has 2 aromatic rings. The number of methoxy groups -OCH3 is 1. The number of carboxylic acid groups (broad SMARTS) is 1. The highest BCUT2D eigenvalue weighted by Gasteiger charge is 2.15. The van der Waals surface area contributed by atoms with Crippen molar-refractivity contribution in [3.8, 4) is 5.75 Å². The van der Waals surface area contributed by atoms with Crippen LogP contribution in [-0.4, -0.2) is 18.2 Å². The molecule has 2 rings (SSSR count). The van der Waals surface area contributed by atoms with Crippen LogP contribution in [0.2, 0.25) is 0 Å². The lowest BCUT2D eigenvalue weighted by molar-refractivity contribution is 0.0695. The van der Waals surface area contributed by atoms with Gasteiger partial charge >= 0.3 is 5.97 Å². The minimum atomic E-state index is -0.986. The molecule has 3 nitrogen and oxygen atoms in total. The molecule has 1 N–H and O–H groups in total. The molecular weight excluding hydrogens is 352 g/mol. The maximum atomic E-state index is 11.1. The molecule has 0 spiro atoms. The Morgan fingerprint density at radius 3 is 2.53 bits per heavy atom. The van der Waals surface area contributed by atoms with Crippen molar-refractivity contribution in [2.24, 2.45) is 0 Å². The Balaban J connectivity index is 2.89. The number of fused-ring (bicyclic) bond motifs is 1. The molecule has 17 heavy (non-hydrogen) atoms. The van der Waals surface area contributed by atoms with Gasteiger partial charge in [-0.1, -0.05) is 22.0 Å². The number of carboxylic acids is 1. The van der Waals surface area contributed by atoms with Crippen molar-refractivity contribution >= 4 is 48.6 Å². The van der Waals surface area contributed by atoms with E-state index in [4.69, 9.17) is 9.84 Å². The van der Waals surface area contributed by atoms with E-state index in [-0.39, 0.29) is 5.56 Å². The third kappa shape index (κ3) is 2.17. The third-order valence-corrected chi connectivity index (χ3v) is 3.79. The Kier molecular flexibility index (Phi) is 3.40. The number of carbonyl (C=O) groups is 1. The van der Waals surface area contributed by atoms with Gasteiger partial charge in [-0.25, -0.2) is 4.79 Å². The fraction of sp³-hybridized carbons (Fsp3) is 0.0833. The predicted octanol–water partition coefficient (Wildman–Crippen LogP) is 4.07. The van der Waals surface area contributed by atoms with E-state index in [0.29, 0.717) is 10.2 Å². The summed E-state index contributed by atoms with van der Waals surface area (Å²) in [6.07, 6.45) is 0. The van der Waals surface area contributed by atoms with Crippen molar-refractivity contribution in [3.63, 3.8) is 0 Å². The van der Waals surface area contributed by atoms with Crippen molar-refractivity contribution in [3.05, 3.63) is 38.8 Å². The Hall–Kier alpha value is -1.07. The van der Waals surface area contributed by atoms with Gasteiger partial charge in [-0.2, -0.15) is 0 Å². The molecule has 0 aromatic heterocycles. The fourth-order valence-electron chi connectivity index (χ4n) is 1.65. The zero-order chi connectivity index (χ0) is 12.6. The van der Waals surface area contributed by atoms with Crippen LogP contribution < -0.4 is 4.74 Å². The van der Waals surface area contributed by atoms with E-state index in [0.717, 1.165) is 15.2 Å². The molecule has 0 atom stereocenters. The maximum Gasteiger partial charge on any atom is 0.337 e. The van der Waals surface area contributed by atoms with Gasteiger partial charge in [-0.3, -0.25) is 0 Å². The lowest BCUT2D eigenvalue weighted by Crippen LogP contribution is -1.99. The summed E-state index contributed by atoms with van der Waals surface area (Å²) in [6.45, 7) is 0. The molecule has 0 aliphatic carbocycles. The Morgan fingerprint density at radius 1 is 1.24 bits per heavy atom. The van der Waals surface area contributed by atoms with Crippen LogP contribution in [0.5, 0.6) is 5.75 Å². The highest BCUT2D eigenvalue weighted by molar-refractivity contribution is 9.11. The summed E-state index contributed by atoms with van der Waals surface area (Å²) in [4.78, 5) is 11.1. The van der Waals surface area contributed by atoms with Gasteiger partial charge < -0.3 is 9.84 Å². The number of ether oxygens (including phenoxy) is 1. The van der Waals surface area contributed by atoms with Crippen molar-refractivity contribution in [2.75, 3.05) is 7.11 Å². The smallest absolute Gasteiger partial charge is 0.337 e. The second-order valence-electron chi connectivity index (χ2n) is 3.44. The molecule has 0 saturated heterocycles. The summed E-state index contributed by atoms with van der Waals surface area (Å²) in [6, 6.07) is 7.11. The largest absolute Gasteiger partial charge is 0.496 e. The summed E-state index contributed by atoms with van der Waals surface area (Å²) in [5.74, 6) is -0.443. The number of halogens is 2. The summed E-state index contributed by atoms with van der Waals surface area (Å²) in [5, 5.41) is 10.8. The van der Waals surface area contributed by atoms with Gasteiger partial charge in [0.1, 0.15) is 5.75 Å². The van der Waals surface area contributed by atoms with E-state index in [1.54, 1.807) is 0 Å². The van der Waals surface area contributed by atoms with Gasteiger partial charge in [0.05, 0.1) is 12.7 Å². The van der Waals surface area contributed by atoms with E-state index < -0.39 is 5.97 Å². The molecule has 0 radical (unpaired) electrons. The zero-order valence-electron chi connectivity index (χ0n) is 8.83. The van der Waals surface area contributed by atoms with Crippen LogP contribution in [0.3, 0.4) is 0 Å². The first-order chi connectivity index (χ1) is 8.04. The Morgan fingerprint density at radius 2 is 1.94 bits per heavy atom. The SMILES string of the molecule is COc1cc(C(=O)O)c(Br)c2ccc(Br)cc12. The molecule has 0 amide bonds. The van der Waals surface area contributed by atoms with Gasteiger partial charge in [0.15, 0.2) is 0 Å². The molecule has 0 heterocycles. The standard InChI is InChI=1S/C12H8Br2O3/c1-17-10-5-9(12(15)16)11(14)7-3-2-6(13)4-8(7)10/h2-5H,1H3,(H,15,16). The van der Waals surface area contributed by atoms with E-state index in [1.807, 2.05) is 18.2 Å². The van der Waals surface area contributed by atoms with Crippen LogP contribution in [0.4, 0.5) is 0 Å². The van der Waals surface area contributed by atoms with Crippen LogP contribution in [0.25, 0.3) is 10.8 Å². The normalized spacial score (nSPS) is 10.5.